The zero-order valence-corrected chi connectivity index (χ0v) is 21.6. The molecule has 10 atom stereocenters. The molecule has 1 aromatic carbocycles. The molecule has 2 fully saturated rings. The van der Waals surface area contributed by atoms with Crippen LogP contribution in [-0.2, 0) is 23.7 Å². The van der Waals surface area contributed by atoms with E-state index in [2.05, 4.69) is 0 Å². The molecule has 4 rings (SSSR count). The predicted molar refractivity (Wildman–Crippen MR) is 131 cm³/mol. The number of carbonyl (C=O) groups is 1. The number of benzene rings is 1. The maximum Gasteiger partial charge on any atom is 0.331 e. The summed E-state index contributed by atoms with van der Waals surface area (Å²) in [5.74, 6) is -1.02. The van der Waals surface area contributed by atoms with Crippen LogP contribution in [0.1, 0.15) is 18.9 Å². The molecule has 2 aliphatic heterocycles. The van der Waals surface area contributed by atoms with Crippen LogP contribution in [0.2, 0.25) is 0 Å². The largest absolute Gasteiger partial charge is 0.493 e. The molecule has 10 unspecified atom stereocenters. The van der Waals surface area contributed by atoms with Gasteiger partial charge in [-0.05, 0) is 36.8 Å². The standard InChI is InChI=1S/C26H34O13/c1-25(39-18(29)7-5-13-4-6-14(34-2)15(10-13)35-3)11-17(28)26(33)8-9-36-24(22(25)26)38-23-21(32)20(31)19(30)16(12-27)37-23/h4-10,16-17,19-24,27-28,30-33H,11-12H2,1-3H3. The Morgan fingerprint density at radius 3 is 2.46 bits per heavy atom. The van der Waals surface area contributed by atoms with Gasteiger partial charge in [0.05, 0.1) is 39.1 Å². The molecule has 39 heavy (non-hydrogen) atoms. The number of esters is 1. The van der Waals surface area contributed by atoms with E-state index in [1.807, 2.05) is 0 Å². The molecule has 1 aromatic rings. The van der Waals surface area contributed by atoms with Gasteiger partial charge in [-0.15, -0.1) is 0 Å². The number of aliphatic hydroxyl groups is 6. The Balaban J connectivity index is 1.54. The topological polar surface area (TPSA) is 194 Å². The highest BCUT2D eigenvalue weighted by molar-refractivity contribution is 5.87. The summed E-state index contributed by atoms with van der Waals surface area (Å²) in [7, 11) is 2.98. The quantitative estimate of drug-likeness (QED) is 0.166. The van der Waals surface area contributed by atoms with Gasteiger partial charge in [-0.2, -0.15) is 0 Å². The van der Waals surface area contributed by atoms with Crippen LogP contribution >= 0.6 is 0 Å². The minimum Gasteiger partial charge on any atom is -0.493 e. The van der Waals surface area contributed by atoms with E-state index in [1.165, 1.54) is 39.4 Å². The van der Waals surface area contributed by atoms with Gasteiger partial charge in [0, 0.05) is 12.5 Å². The van der Waals surface area contributed by atoms with Crippen molar-refractivity contribution >= 4 is 12.0 Å². The van der Waals surface area contributed by atoms with Crippen molar-refractivity contribution in [2.24, 2.45) is 5.92 Å². The minimum atomic E-state index is -1.95. The molecule has 0 aromatic heterocycles. The van der Waals surface area contributed by atoms with Crippen LogP contribution in [-0.4, -0.2) is 112 Å². The Labute approximate surface area is 224 Å². The molecule has 0 amide bonds. The van der Waals surface area contributed by atoms with Gasteiger partial charge in [0.1, 0.15) is 35.6 Å². The van der Waals surface area contributed by atoms with Gasteiger partial charge in [0.15, 0.2) is 17.8 Å². The van der Waals surface area contributed by atoms with Gasteiger partial charge in [-0.3, -0.25) is 0 Å². The van der Waals surface area contributed by atoms with Gasteiger partial charge in [0.2, 0.25) is 6.29 Å². The first-order valence-electron chi connectivity index (χ1n) is 12.3. The van der Waals surface area contributed by atoms with Gasteiger partial charge in [-0.25, -0.2) is 4.79 Å². The maximum atomic E-state index is 12.9. The van der Waals surface area contributed by atoms with Crippen LogP contribution in [0.15, 0.2) is 36.6 Å². The summed E-state index contributed by atoms with van der Waals surface area (Å²) in [5, 5.41) is 62.1. The third kappa shape index (κ3) is 5.49. The van der Waals surface area contributed by atoms with E-state index in [1.54, 1.807) is 18.2 Å². The molecule has 0 spiro atoms. The second kappa shape index (κ2) is 11.4. The number of rotatable bonds is 8. The Bertz CT molecular complexity index is 1090. The second-order valence-electron chi connectivity index (χ2n) is 9.91. The molecule has 6 N–H and O–H groups in total. The molecule has 1 saturated carbocycles. The fourth-order valence-corrected chi connectivity index (χ4v) is 5.31. The third-order valence-corrected chi connectivity index (χ3v) is 7.38. The summed E-state index contributed by atoms with van der Waals surface area (Å²) in [6.45, 7) is 0.817. The highest BCUT2D eigenvalue weighted by Gasteiger charge is 2.66. The van der Waals surface area contributed by atoms with E-state index in [0.29, 0.717) is 17.1 Å². The number of methoxy groups -OCH3 is 2. The number of carbonyl (C=O) groups excluding carboxylic acids is 1. The van der Waals surface area contributed by atoms with E-state index in [-0.39, 0.29) is 6.42 Å². The first kappa shape index (κ1) is 29.2. The van der Waals surface area contributed by atoms with Crippen molar-refractivity contribution in [3.8, 4) is 11.5 Å². The smallest absolute Gasteiger partial charge is 0.331 e. The summed E-state index contributed by atoms with van der Waals surface area (Å²) >= 11 is 0. The number of fused-ring (bicyclic) bond motifs is 1. The summed E-state index contributed by atoms with van der Waals surface area (Å²) in [4.78, 5) is 12.9. The van der Waals surface area contributed by atoms with Gasteiger partial charge in [-0.1, -0.05) is 6.07 Å². The van der Waals surface area contributed by atoms with Crippen molar-refractivity contribution in [2.45, 2.75) is 67.6 Å². The third-order valence-electron chi connectivity index (χ3n) is 7.38. The lowest BCUT2D eigenvalue weighted by atomic mass is 9.81. The van der Waals surface area contributed by atoms with Gasteiger partial charge < -0.3 is 59.1 Å². The average molecular weight is 555 g/mol. The highest BCUT2D eigenvalue weighted by atomic mass is 16.8. The van der Waals surface area contributed by atoms with Crippen LogP contribution in [0, 0.1) is 5.92 Å². The maximum absolute atomic E-state index is 12.9. The van der Waals surface area contributed by atoms with Crippen LogP contribution in [0.3, 0.4) is 0 Å². The van der Waals surface area contributed by atoms with Crippen molar-refractivity contribution in [1.29, 1.82) is 0 Å². The number of hydrogen-bond acceptors (Lipinski definition) is 13. The number of aliphatic hydroxyl groups excluding tert-OH is 5. The lowest BCUT2D eigenvalue weighted by Gasteiger charge is -2.45. The molecule has 1 saturated heterocycles. The Morgan fingerprint density at radius 1 is 1.08 bits per heavy atom. The van der Waals surface area contributed by atoms with E-state index in [4.69, 9.17) is 28.4 Å². The van der Waals surface area contributed by atoms with Gasteiger partial charge >= 0.3 is 5.97 Å². The molecule has 13 nitrogen and oxygen atoms in total. The van der Waals surface area contributed by atoms with Crippen molar-refractivity contribution < 1.29 is 63.9 Å². The minimum absolute atomic E-state index is 0.188. The second-order valence-corrected chi connectivity index (χ2v) is 9.91. The zero-order chi connectivity index (χ0) is 28.5. The molecule has 1 aliphatic carbocycles. The highest BCUT2D eigenvalue weighted by Crippen LogP contribution is 2.51. The van der Waals surface area contributed by atoms with E-state index < -0.39 is 72.8 Å². The molecular weight excluding hydrogens is 520 g/mol. The molecule has 13 heteroatoms. The first-order valence-corrected chi connectivity index (χ1v) is 12.3. The summed E-state index contributed by atoms with van der Waals surface area (Å²) in [6.07, 6.45) is -5.93. The summed E-state index contributed by atoms with van der Waals surface area (Å²) in [5.41, 5.74) is -2.86. The van der Waals surface area contributed by atoms with Crippen LogP contribution in [0.25, 0.3) is 6.08 Å². The van der Waals surface area contributed by atoms with E-state index in [9.17, 15) is 35.4 Å². The summed E-state index contributed by atoms with van der Waals surface area (Å²) < 4.78 is 32.9. The number of hydrogen-bond donors (Lipinski definition) is 6. The van der Waals surface area contributed by atoms with Crippen molar-refractivity contribution in [3.05, 3.63) is 42.2 Å². The lowest BCUT2D eigenvalue weighted by Crippen LogP contribution is -2.62. The molecule has 0 bridgehead atoms. The fourth-order valence-electron chi connectivity index (χ4n) is 5.31. The first-order chi connectivity index (χ1) is 18.5. The Hall–Kier alpha value is -2.75. The van der Waals surface area contributed by atoms with Gasteiger partial charge in [0.25, 0.3) is 0 Å². The molecule has 216 valence electrons. The Morgan fingerprint density at radius 2 is 1.79 bits per heavy atom. The van der Waals surface area contributed by atoms with E-state index in [0.717, 1.165) is 6.26 Å². The average Bonchev–Trinajstić information content (AvgIpc) is 3.12. The Kier molecular flexibility index (Phi) is 8.54. The molecule has 2 heterocycles. The van der Waals surface area contributed by atoms with Crippen LogP contribution < -0.4 is 9.47 Å². The van der Waals surface area contributed by atoms with Crippen molar-refractivity contribution in [2.75, 3.05) is 20.8 Å². The normalized spacial score (nSPS) is 39.7. The zero-order valence-electron chi connectivity index (χ0n) is 21.6. The predicted octanol–water partition coefficient (Wildman–Crippen LogP) is -1.18. The molecular formula is C26H34O13. The molecule has 3 aliphatic rings. The summed E-state index contributed by atoms with van der Waals surface area (Å²) in [6, 6.07) is 5.03. The van der Waals surface area contributed by atoms with E-state index >= 15 is 0 Å². The SMILES string of the molecule is COc1ccc(C=CC(=O)OC2(C)CC(O)C3(O)C=COC(OC4OC(CO)C(O)C(O)C4O)C23)cc1OC. The monoisotopic (exact) mass is 554 g/mol. The van der Waals surface area contributed by atoms with Crippen molar-refractivity contribution in [1.82, 2.24) is 0 Å². The van der Waals surface area contributed by atoms with Crippen molar-refractivity contribution in [3.63, 3.8) is 0 Å². The fraction of sp³-hybridized carbons (Fsp3) is 0.577. The lowest BCUT2D eigenvalue weighted by molar-refractivity contribution is -0.351. The number of ether oxygens (including phenoxy) is 6. The van der Waals surface area contributed by atoms with Crippen LogP contribution in [0.4, 0.5) is 0 Å². The molecule has 0 radical (unpaired) electrons. The van der Waals surface area contributed by atoms with Crippen LogP contribution in [0.5, 0.6) is 11.5 Å².